The molecule has 0 spiro atoms. The van der Waals surface area contributed by atoms with Gasteiger partial charge in [0.2, 0.25) is 15.8 Å². The average Bonchev–Trinajstić information content (AvgIpc) is 3.15. The highest BCUT2D eigenvalue weighted by Crippen LogP contribution is 2.24. The van der Waals surface area contributed by atoms with Crippen molar-refractivity contribution in [3.8, 4) is 0 Å². The Morgan fingerprint density at radius 3 is 2.46 bits per heavy atom. The predicted octanol–water partition coefficient (Wildman–Crippen LogP) is 3.47. The first kappa shape index (κ1) is 20.6. The predicted molar refractivity (Wildman–Crippen MR) is 100 cm³/mol. The zero-order chi connectivity index (χ0) is 19.3. The number of halogens is 1. The lowest BCUT2D eigenvalue weighted by atomic mass is 10.2. The molecule has 9 heteroatoms. The molecule has 2 rings (SSSR count). The number of thiophene rings is 1. The van der Waals surface area contributed by atoms with E-state index >= 15 is 0 Å². The Balaban J connectivity index is 2.21. The number of sulfonamides is 1. The van der Waals surface area contributed by atoms with E-state index in [9.17, 15) is 18.0 Å². The van der Waals surface area contributed by atoms with Crippen LogP contribution in [0.15, 0.2) is 40.6 Å². The maximum absolute atomic E-state index is 12.6. The maximum Gasteiger partial charge on any atom is 0.340 e. The number of ketones is 1. The van der Waals surface area contributed by atoms with E-state index in [-0.39, 0.29) is 21.3 Å². The molecule has 0 saturated carbocycles. The van der Waals surface area contributed by atoms with Crippen LogP contribution in [0.1, 0.15) is 33.9 Å². The quantitative estimate of drug-likeness (QED) is 0.487. The van der Waals surface area contributed by atoms with Gasteiger partial charge >= 0.3 is 5.97 Å². The summed E-state index contributed by atoms with van der Waals surface area (Å²) in [6.07, 6.45) is 0. The normalized spacial score (nSPS) is 11.5. The van der Waals surface area contributed by atoms with Crippen LogP contribution < -0.4 is 0 Å². The Labute approximate surface area is 161 Å². The molecular formula is C17H18ClNO5S2. The van der Waals surface area contributed by atoms with Gasteiger partial charge in [0.1, 0.15) is 0 Å². The molecule has 0 bridgehead atoms. The number of Topliss-reactive ketones (excluding diaryl/α,β-unsaturated/α-hetero) is 1. The lowest BCUT2D eigenvalue weighted by molar-refractivity contribution is 0.0475. The molecule has 2 aromatic rings. The highest BCUT2D eigenvalue weighted by Gasteiger charge is 2.24. The first-order valence-corrected chi connectivity index (χ1v) is 10.5. The van der Waals surface area contributed by atoms with Gasteiger partial charge in [0.15, 0.2) is 6.61 Å². The Hall–Kier alpha value is -1.74. The SMILES string of the molecule is CCN(CC)S(=O)(=O)c1ccc(Cl)c(C(=O)OCC(=O)c2cccs2)c1. The third kappa shape index (κ3) is 4.50. The van der Waals surface area contributed by atoms with Crippen LogP contribution in [0.5, 0.6) is 0 Å². The smallest absolute Gasteiger partial charge is 0.340 e. The number of benzene rings is 1. The first-order chi connectivity index (χ1) is 12.3. The minimum atomic E-state index is -3.74. The zero-order valence-corrected chi connectivity index (χ0v) is 16.7. The summed E-state index contributed by atoms with van der Waals surface area (Å²) in [5.74, 6) is -1.19. The number of nitrogens with zero attached hydrogens (tertiary/aromatic N) is 1. The van der Waals surface area contributed by atoms with Crippen LogP contribution in [0.25, 0.3) is 0 Å². The number of rotatable bonds is 8. The second-order valence-corrected chi connectivity index (χ2v) is 8.50. The van der Waals surface area contributed by atoms with Crippen LogP contribution in [0.2, 0.25) is 5.02 Å². The van der Waals surface area contributed by atoms with Gasteiger partial charge in [0.05, 0.1) is 20.4 Å². The standard InChI is InChI=1S/C17H18ClNO5S2/c1-3-19(4-2)26(22,23)12-7-8-14(18)13(10-12)17(21)24-11-15(20)16-6-5-9-25-16/h5-10H,3-4,11H2,1-2H3. The van der Waals surface area contributed by atoms with Gasteiger partial charge in [-0.1, -0.05) is 31.5 Å². The van der Waals surface area contributed by atoms with Crippen LogP contribution in [0, 0.1) is 0 Å². The molecule has 0 N–H and O–H groups in total. The first-order valence-electron chi connectivity index (χ1n) is 7.84. The van der Waals surface area contributed by atoms with E-state index in [1.54, 1.807) is 31.4 Å². The molecular weight excluding hydrogens is 398 g/mol. The zero-order valence-electron chi connectivity index (χ0n) is 14.3. The van der Waals surface area contributed by atoms with Crippen LogP contribution in [-0.4, -0.2) is 44.2 Å². The lowest BCUT2D eigenvalue weighted by Gasteiger charge is -2.19. The van der Waals surface area contributed by atoms with Crippen molar-refractivity contribution in [2.24, 2.45) is 0 Å². The molecule has 6 nitrogen and oxygen atoms in total. The summed E-state index contributed by atoms with van der Waals surface area (Å²) < 4.78 is 31.4. The molecule has 0 atom stereocenters. The van der Waals surface area contributed by atoms with Crippen molar-refractivity contribution < 1.29 is 22.7 Å². The van der Waals surface area contributed by atoms with Gasteiger partial charge in [-0.3, -0.25) is 4.79 Å². The number of hydrogen-bond donors (Lipinski definition) is 0. The highest BCUT2D eigenvalue weighted by atomic mass is 35.5. The molecule has 0 aliphatic rings. The Bertz CT molecular complexity index is 890. The van der Waals surface area contributed by atoms with Gasteiger partial charge < -0.3 is 4.74 Å². The van der Waals surface area contributed by atoms with Gasteiger partial charge in [-0.05, 0) is 29.6 Å². The van der Waals surface area contributed by atoms with Crippen LogP contribution in [-0.2, 0) is 14.8 Å². The van der Waals surface area contributed by atoms with Crippen molar-refractivity contribution in [2.45, 2.75) is 18.7 Å². The molecule has 1 aromatic carbocycles. The van der Waals surface area contributed by atoms with E-state index in [0.717, 1.165) is 0 Å². The molecule has 140 valence electrons. The summed E-state index contributed by atoms with van der Waals surface area (Å²) in [6.45, 7) is 3.61. The molecule has 1 heterocycles. The lowest BCUT2D eigenvalue weighted by Crippen LogP contribution is -2.30. The summed E-state index contributed by atoms with van der Waals surface area (Å²) in [6, 6.07) is 7.19. The second-order valence-electron chi connectivity index (χ2n) is 5.21. The van der Waals surface area contributed by atoms with E-state index < -0.39 is 22.6 Å². The summed E-state index contributed by atoms with van der Waals surface area (Å²) in [4.78, 5) is 24.6. The van der Waals surface area contributed by atoms with Crippen LogP contribution in [0.4, 0.5) is 0 Å². The fraction of sp³-hybridized carbons (Fsp3) is 0.294. The molecule has 26 heavy (non-hydrogen) atoms. The molecule has 0 fully saturated rings. The fourth-order valence-electron chi connectivity index (χ4n) is 2.25. The van der Waals surface area contributed by atoms with Gasteiger partial charge in [0.25, 0.3) is 0 Å². The van der Waals surface area contributed by atoms with Crippen molar-refractivity contribution in [3.63, 3.8) is 0 Å². The van der Waals surface area contributed by atoms with E-state index in [0.29, 0.717) is 18.0 Å². The minimum Gasteiger partial charge on any atom is -0.454 e. The van der Waals surface area contributed by atoms with Crippen LogP contribution >= 0.6 is 22.9 Å². The Kier molecular flexibility index (Phi) is 6.94. The third-order valence-corrected chi connectivity index (χ3v) is 6.92. The molecule has 1 aromatic heterocycles. The van der Waals surface area contributed by atoms with Crippen molar-refractivity contribution >= 4 is 44.7 Å². The number of esters is 1. The number of ether oxygens (including phenoxy) is 1. The summed E-state index contributed by atoms with van der Waals surface area (Å²) in [5, 5.41) is 1.80. The fourth-order valence-corrected chi connectivity index (χ4v) is 4.58. The van der Waals surface area contributed by atoms with Gasteiger partial charge in [0, 0.05) is 13.1 Å². The molecule has 0 amide bonds. The van der Waals surface area contributed by atoms with Crippen molar-refractivity contribution in [3.05, 3.63) is 51.2 Å². The largest absolute Gasteiger partial charge is 0.454 e. The third-order valence-electron chi connectivity index (χ3n) is 3.63. The van der Waals surface area contributed by atoms with E-state index in [1.807, 2.05) is 0 Å². The topological polar surface area (TPSA) is 80.8 Å². The van der Waals surface area contributed by atoms with Gasteiger partial charge in [-0.2, -0.15) is 4.31 Å². The Morgan fingerprint density at radius 2 is 1.88 bits per heavy atom. The monoisotopic (exact) mass is 415 g/mol. The van der Waals surface area contributed by atoms with Crippen molar-refractivity contribution in [1.29, 1.82) is 0 Å². The van der Waals surface area contributed by atoms with Crippen LogP contribution in [0.3, 0.4) is 0 Å². The molecule has 0 unspecified atom stereocenters. The average molecular weight is 416 g/mol. The number of carbonyl (C=O) groups excluding carboxylic acids is 2. The number of hydrogen-bond acceptors (Lipinski definition) is 6. The summed E-state index contributed by atoms with van der Waals surface area (Å²) in [5.41, 5.74) is -0.0983. The van der Waals surface area contributed by atoms with Crippen molar-refractivity contribution in [1.82, 2.24) is 4.31 Å². The maximum atomic E-state index is 12.6. The summed E-state index contributed by atoms with van der Waals surface area (Å²) >= 11 is 7.26. The van der Waals surface area contributed by atoms with E-state index in [4.69, 9.17) is 16.3 Å². The molecule has 0 saturated heterocycles. The highest BCUT2D eigenvalue weighted by molar-refractivity contribution is 7.89. The number of carbonyl (C=O) groups is 2. The van der Waals surface area contributed by atoms with Gasteiger partial charge in [-0.15, -0.1) is 11.3 Å². The van der Waals surface area contributed by atoms with Crippen molar-refractivity contribution in [2.75, 3.05) is 19.7 Å². The van der Waals surface area contributed by atoms with Gasteiger partial charge in [-0.25, -0.2) is 13.2 Å². The molecule has 0 aliphatic heterocycles. The van der Waals surface area contributed by atoms with E-state index in [2.05, 4.69) is 0 Å². The second kappa shape index (κ2) is 8.77. The Morgan fingerprint density at radius 1 is 1.19 bits per heavy atom. The summed E-state index contributed by atoms with van der Waals surface area (Å²) in [7, 11) is -3.74. The minimum absolute atomic E-state index is 0.0528. The van der Waals surface area contributed by atoms with E-state index in [1.165, 1.54) is 33.8 Å². The molecule has 0 aliphatic carbocycles. The molecule has 0 radical (unpaired) electrons.